The van der Waals surface area contributed by atoms with E-state index in [-0.39, 0.29) is 5.91 Å². The molecule has 4 nitrogen and oxygen atoms in total. The lowest BCUT2D eigenvalue weighted by Crippen LogP contribution is -2.19. The van der Waals surface area contributed by atoms with Gasteiger partial charge in [-0.2, -0.15) is 0 Å². The highest BCUT2D eigenvalue weighted by Crippen LogP contribution is 2.37. The number of carbonyl (C=O) groups excluding carboxylic acids is 1. The predicted molar refractivity (Wildman–Crippen MR) is 140 cm³/mol. The van der Waals surface area contributed by atoms with Crippen molar-refractivity contribution in [2.24, 2.45) is 4.99 Å². The number of aryl methyl sites for hydroxylation is 1. The van der Waals surface area contributed by atoms with Crippen molar-refractivity contribution in [2.75, 3.05) is 0 Å². The summed E-state index contributed by atoms with van der Waals surface area (Å²) in [4.78, 5) is 17.4. The Labute approximate surface area is 212 Å². The topological polar surface area (TPSA) is 50.7 Å². The fraction of sp³-hybridized carbons (Fsp3) is 0.0833. The van der Waals surface area contributed by atoms with Crippen molar-refractivity contribution < 1.29 is 9.53 Å². The third-order valence-electron chi connectivity index (χ3n) is 4.53. The molecule has 4 rings (SSSR count). The van der Waals surface area contributed by atoms with Crippen LogP contribution in [0.4, 0.5) is 5.69 Å². The SMILES string of the molecule is Cc1ccc(N=C2NC(=O)/C(=C\c3cc(Cl)c(OCc4ccc(Br)cc4)c(Br)c3)S2)cc1. The average molecular weight is 593 g/mol. The van der Waals surface area contributed by atoms with Gasteiger partial charge in [0, 0.05) is 4.47 Å². The lowest BCUT2D eigenvalue weighted by molar-refractivity contribution is -0.115. The van der Waals surface area contributed by atoms with Crippen LogP contribution in [0.25, 0.3) is 6.08 Å². The molecule has 3 aromatic carbocycles. The van der Waals surface area contributed by atoms with Crippen molar-refractivity contribution >= 4 is 78.1 Å². The van der Waals surface area contributed by atoms with Crippen LogP contribution in [0.1, 0.15) is 16.7 Å². The molecule has 0 radical (unpaired) electrons. The molecule has 0 aromatic heterocycles. The summed E-state index contributed by atoms with van der Waals surface area (Å²) in [5.74, 6) is 0.366. The Morgan fingerprint density at radius 2 is 1.81 bits per heavy atom. The van der Waals surface area contributed by atoms with E-state index in [4.69, 9.17) is 16.3 Å². The van der Waals surface area contributed by atoms with Gasteiger partial charge >= 0.3 is 0 Å². The molecule has 1 amide bonds. The Kier molecular flexibility index (Phi) is 7.40. The van der Waals surface area contributed by atoms with Gasteiger partial charge in [-0.25, -0.2) is 4.99 Å². The maximum Gasteiger partial charge on any atom is 0.264 e. The second-order valence-corrected chi connectivity index (χ2v) is 10.3. The molecule has 1 aliphatic heterocycles. The quantitative estimate of drug-likeness (QED) is 0.310. The zero-order chi connectivity index (χ0) is 22.7. The van der Waals surface area contributed by atoms with Gasteiger partial charge in [-0.15, -0.1) is 0 Å². The van der Waals surface area contributed by atoms with Crippen LogP contribution >= 0.6 is 55.2 Å². The lowest BCUT2D eigenvalue weighted by atomic mass is 10.2. The fourth-order valence-electron chi connectivity index (χ4n) is 2.91. The smallest absolute Gasteiger partial charge is 0.264 e. The molecule has 1 saturated heterocycles. The molecular weight excluding hydrogens is 576 g/mol. The Morgan fingerprint density at radius 1 is 1.09 bits per heavy atom. The number of benzene rings is 3. The Hall–Kier alpha value is -2.06. The van der Waals surface area contributed by atoms with Crippen LogP contribution in [0.15, 0.2) is 79.5 Å². The number of aliphatic imine (C=N–C) groups is 1. The molecule has 1 fully saturated rings. The van der Waals surface area contributed by atoms with E-state index in [1.165, 1.54) is 11.8 Å². The summed E-state index contributed by atoms with van der Waals surface area (Å²) in [6, 6.07) is 19.3. The van der Waals surface area contributed by atoms with Crippen molar-refractivity contribution in [1.82, 2.24) is 5.32 Å². The van der Waals surface area contributed by atoms with E-state index >= 15 is 0 Å². The van der Waals surface area contributed by atoms with E-state index < -0.39 is 0 Å². The lowest BCUT2D eigenvalue weighted by Gasteiger charge is -2.11. The summed E-state index contributed by atoms with van der Waals surface area (Å²) in [6.07, 6.45) is 1.78. The standard InChI is InChI=1S/C24H17Br2ClN2O2S/c1-14-2-8-18(9-3-14)28-24-29-23(30)21(32-24)12-16-10-19(26)22(20(27)11-16)31-13-15-4-6-17(25)7-5-15/h2-12H,13H2,1H3,(H,28,29,30)/b21-12+. The molecule has 0 saturated carbocycles. The number of carbonyl (C=O) groups is 1. The zero-order valence-electron chi connectivity index (χ0n) is 16.9. The predicted octanol–water partition coefficient (Wildman–Crippen LogP) is 7.64. The minimum atomic E-state index is -0.191. The Bertz CT molecular complexity index is 1200. The first-order chi connectivity index (χ1) is 15.4. The van der Waals surface area contributed by atoms with Crippen LogP contribution < -0.4 is 10.1 Å². The van der Waals surface area contributed by atoms with Gasteiger partial charge in [0.2, 0.25) is 0 Å². The summed E-state index contributed by atoms with van der Waals surface area (Å²) in [6.45, 7) is 2.41. The number of thioether (sulfide) groups is 1. The second-order valence-electron chi connectivity index (χ2n) is 7.05. The fourth-order valence-corrected chi connectivity index (χ4v) is 5.00. The van der Waals surface area contributed by atoms with Crippen molar-refractivity contribution in [1.29, 1.82) is 0 Å². The first-order valence-corrected chi connectivity index (χ1v) is 12.4. The van der Waals surface area contributed by atoms with Crippen molar-refractivity contribution in [3.8, 4) is 5.75 Å². The minimum Gasteiger partial charge on any atom is -0.486 e. The van der Waals surface area contributed by atoms with E-state index in [1.54, 1.807) is 12.1 Å². The Morgan fingerprint density at radius 3 is 2.50 bits per heavy atom. The van der Waals surface area contributed by atoms with Gasteiger partial charge in [-0.3, -0.25) is 4.79 Å². The number of rotatable bonds is 5. The molecule has 0 bridgehead atoms. The second kappa shape index (κ2) is 10.3. The monoisotopic (exact) mass is 590 g/mol. The van der Waals surface area contributed by atoms with E-state index in [1.807, 2.05) is 61.5 Å². The normalized spacial score (nSPS) is 15.9. The molecule has 0 unspecified atom stereocenters. The third-order valence-corrected chi connectivity index (χ3v) is 6.84. The van der Waals surface area contributed by atoms with Crippen LogP contribution in [0.2, 0.25) is 5.02 Å². The van der Waals surface area contributed by atoms with Gasteiger partial charge in [0.05, 0.1) is 20.1 Å². The number of halogens is 3. The molecule has 0 spiro atoms. The summed E-state index contributed by atoms with van der Waals surface area (Å²) >= 11 is 14.7. The molecule has 1 aliphatic rings. The van der Waals surface area contributed by atoms with E-state index in [0.29, 0.717) is 31.9 Å². The van der Waals surface area contributed by atoms with E-state index in [2.05, 4.69) is 42.2 Å². The molecule has 162 valence electrons. The summed E-state index contributed by atoms with van der Waals surface area (Å²) in [5.41, 5.74) is 3.76. The van der Waals surface area contributed by atoms with Crippen LogP contribution in [0.5, 0.6) is 5.75 Å². The highest BCUT2D eigenvalue weighted by molar-refractivity contribution is 9.10. The van der Waals surface area contributed by atoms with Gasteiger partial charge in [0.1, 0.15) is 6.61 Å². The molecule has 1 N–H and O–H groups in total. The van der Waals surface area contributed by atoms with Crippen molar-refractivity contribution in [2.45, 2.75) is 13.5 Å². The molecule has 32 heavy (non-hydrogen) atoms. The number of nitrogens with zero attached hydrogens (tertiary/aromatic N) is 1. The van der Waals surface area contributed by atoms with E-state index in [0.717, 1.165) is 26.9 Å². The average Bonchev–Trinajstić information content (AvgIpc) is 3.09. The highest BCUT2D eigenvalue weighted by atomic mass is 79.9. The molecule has 8 heteroatoms. The van der Waals surface area contributed by atoms with Gasteiger partial charge < -0.3 is 10.1 Å². The number of nitrogens with one attached hydrogen (secondary N) is 1. The number of amides is 1. The maximum atomic E-state index is 12.4. The highest BCUT2D eigenvalue weighted by Gasteiger charge is 2.24. The zero-order valence-corrected chi connectivity index (χ0v) is 21.6. The first-order valence-electron chi connectivity index (χ1n) is 9.60. The Balaban J connectivity index is 1.49. The summed E-state index contributed by atoms with van der Waals surface area (Å²) < 4.78 is 7.64. The molecule has 1 heterocycles. The van der Waals surface area contributed by atoms with Crippen LogP contribution in [0, 0.1) is 6.92 Å². The van der Waals surface area contributed by atoms with Crippen LogP contribution in [-0.4, -0.2) is 11.1 Å². The summed E-state index contributed by atoms with van der Waals surface area (Å²) in [7, 11) is 0. The van der Waals surface area contributed by atoms with Crippen molar-refractivity contribution in [3.05, 3.63) is 96.2 Å². The van der Waals surface area contributed by atoms with Crippen LogP contribution in [0.3, 0.4) is 0 Å². The number of ether oxygens (including phenoxy) is 1. The summed E-state index contributed by atoms with van der Waals surface area (Å²) in [5, 5.41) is 3.81. The van der Waals surface area contributed by atoms with Gasteiger partial charge in [0.25, 0.3) is 5.91 Å². The third kappa shape index (κ3) is 5.84. The molecule has 0 atom stereocenters. The number of hydrogen-bond acceptors (Lipinski definition) is 4. The van der Waals surface area contributed by atoms with Gasteiger partial charge in [0.15, 0.2) is 10.9 Å². The van der Waals surface area contributed by atoms with Gasteiger partial charge in [-0.05, 0) is 88.2 Å². The number of amidine groups is 1. The first kappa shape index (κ1) is 23.1. The molecule has 0 aliphatic carbocycles. The molecule has 3 aromatic rings. The maximum absolute atomic E-state index is 12.4. The number of hydrogen-bond donors (Lipinski definition) is 1. The minimum absolute atomic E-state index is 0.191. The van der Waals surface area contributed by atoms with Crippen LogP contribution in [-0.2, 0) is 11.4 Å². The molecular formula is C24H17Br2ClN2O2S. The largest absolute Gasteiger partial charge is 0.486 e. The van der Waals surface area contributed by atoms with Gasteiger partial charge in [-0.1, -0.05) is 57.4 Å². The van der Waals surface area contributed by atoms with Crippen molar-refractivity contribution in [3.63, 3.8) is 0 Å². The van der Waals surface area contributed by atoms with E-state index in [9.17, 15) is 4.79 Å².